The van der Waals surface area contributed by atoms with Gasteiger partial charge < -0.3 is 15.6 Å². The minimum absolute atomic E-state index is 0.331. The monoisotopic (exact) mass is 223 g/mol. The molecule has 0 aromatic heterocycles. The molecule has 3 N–H and O–H groups in total. The number of anilines is 1. The quantitative estimate of drug-likeness (QED) is 0.597. The van der Waals surface area contributed by atoms with Crippen molar-refractivity contribution in [2.75, 3.05) is 12.3 Å². The summed E-state index contributed by atoms with van der Waals surface area (Å²) in [5.41, 5.74) is 7.40. The van der Waals surface area contributed by atoms with Gasteiger partial charge >= 0.3 is 5.97 Å². The van der Waals surface area contributed by atoms with E-state index in [1.165, 1.54) is 0 Å². The van der Waals surface area contributed by atoms with Crippen molar-refractivity contribution in [2.24, 2.45) is 0 Å². The number of nitrogens with two attached hydrogens (primary N) is 1. The van der Waals surface area contributed by atoms with Crippen LogP contribution in [-0.2, 0) is 11.2 Å². The molecule has 0 heterocycles. The SMILES string of the molecule is CCOC(=O)c1ccc(N)cc1CC(C)O. The highest BCUT2D eigenvalue weighted by Crippen LogP contribution is 2.16. The molecule has 1 aromatic rings. The number of carbonyl (C=O) groups excluding carboxylic acids is 1. The number of carbonyl (C=O) groups is 1. The van der Waals surface area contributed by atoms with Crippen LogP contribution < -0.4 is 5.73 Å². The molecule has 4 heteroatoms. The predicted molar refractivity (Wildman–Crippen MR) is 62.2 cm³/mol. The van der Waals surface area contributed by atoms with E-state index in [2.05, 4.69) is 0 Å². The van der Waals surface area contributed by atoms with Crippen LogP contribution in [0.4, 0.5) is 5.69 Å². The van der Waals surface area contributed by atoms with Crippen molar-refractivity contribution in [3.05, 3.63) is 29.3 Å². The second-order valence-corrected chi connectivity index (χ2v) is 3.69. The van der Waals surface area contributed by atoms with E-state index in [1.54, 1.807) is 32.0 Å². The van der Waals surface area contributed by atoms with Gasteiger partial charge in [-0.2, -0.15) is 0 Å². The lowest BCUT2D eigenvalue weighted by molar-refractivity contribution is 0.0524. The van der Waals surface area contributed by atoms with Gasteiger partial charge in [0.15, 0.2) is 0 Å². The smallest absolute Gasteiger partial charge is 0.338 e. The molecular formula is C12H17NO3. The van der Waals surface area contributed by atoms with Crippen molar-refractivity contribution >= 4 is 11.7 Å². The Hall–Kier alpha value is -1.55. The number of benzene rings is 1. The van der Waals surface area contributed by atoms with E-state index < -0.39 is 6.10 Å². The summed E-state index contributed by atoms with van der Waals surface area (Å²) in [5.74, 6) is -0.377. The third-order valence-electron chi connectivity index (χ3n) is 2.14. The zero-order valence-electron chi connectivity index (χ0n) is 9.56. The normalized spacial score (nSPS) is 12.2. The Morgan fingerprint density at radius 1 is 1.56 bits per heavy atom. The lowest BCUT2D eigenvalue weighted by atomic mass is 10.0. The van der Waals surface area contributed by atoms with Crippen LogP contribution >= 0.6 is 0 Å². The lowest BCUT2D eigenvalue weighted by Gasteiger charge is -2.11. The average molecular weight is 223 g/mol. The predicted octanol–water partition coefficient (Wildman–Crippen LogP) is 1.37. The van der Waals surface area contributed by atoms with Crippen LogP contribution in [0.5, 0.6) is 0 Å². The van der Waals surface area contributed by atoms with E-state index >= 15 is 0 Å². The molecule has 1 rings (SSSR count). The van der Waals surface area contributed by atoms with Gasteiger partial charge in [-0.25, -0.2) is 4.79 Å². The Morgan fingerprint density at radius 2 is 2.25 bits per heavy atom. The summed E-state index contributed by atoms with van der Waals surface area (Å²) in [7, 11) is 0. The zero-order valence-corrected chi connectivity index (χ0v) is 9.56. The van der Waals surface area contributed by atoms with Crippen molar-refractivity contribution in [3.8, 4) is 0 Å². The van der Waals surface area contributed by atoms with Crippen LogP contribution in [0.2, 0.25) is 0 Å². The number of nitrogen functional groups attached to an aromatic ring is 1. The number of hydrogen-bond acceptors (Lipinski definition) is 4. The highest BCUT2D eigenvalue weighted by Gasteiger charge is 2.13. The van der Waals surface area contributed by atoms with Crippen molar-refractivity contribution in [3.63, 3.8) is 0 Å². The summed E-state index contributed by atoms with van der Waals surface area (Å²) in [4.78, 5) is 11.6. The summed E-state index contributed by atoms with van der Waals surface area (Å²) in [6.07, 6.45) is -0.130. The van der Waals surface area contributed by atoms with Gasteiger partial charge in [0.05, 0.1) is 18.3 Å². The van der Waals surface area contributed by atoms with Crippen LogP contribution in [0.25, 0.3) is 0 Å². The molecule has 88 valence electrons. The molecule has 0 radical (unpaired) electrons. The first-order valence-corrected chi connectivity index (χ1v) is 5.28. The van der Waals surface area contributed by atoms with Crippen LogP contribution in [0.15, 0.2) is 18.2 Å². The molecule has 0 saturated heterocycles. The highest BCUT2D eigenvalue weighted by molar-refractivity contribution is 5.91. The first-order valence-electron chi connectivity index (χ1n) is 5.28. The van der Waals surface area contributed by atoms with Crippen molar-refractivity contribution < 1.29 is 14.6 Å². The van der Waals surface area contributed by atoms with Gasteiger partial charge in [-0.3, -0.25) is 0 Å². The third-order valence-corrected chi connectivity index (χ3v) is 2.14. The Morgan fingerprint density at radius 3 is 2.81 bits per heavy atom. The van der Waals surface area contributed by atoms with E-state index in [1.807, 2.05) is 0 Å². The van der Waals surface area contributed by atoms with Gasteiger partial charge in [-0.1, -0.05) is 0 Å². The fourth-order valence-corrected chi connectivity index (χ4v) is 1.51. The molecule has 1 unspecified atom stereocenters. The minimum Gasteiger partial charge on any atom is -0.462 e. The maximum atomic E-state index is 11.6. The molecule has 0 saturated carbocycles. The van der Waals surface area contributed by atoms with E-state index in [0.29, 0.717) is 29.8 Å². The number of aliphatic hydroxyl groups is 1. The molecule has 1 aromatic carbocycles. The number of aliphatic hydroxyl groups excluding tert-OH is 1. The summed E-state index contributed by atoms with van der Waals surface area (Å²) < 4.78 is 4.93. The molecule has 0 spiro atoms. The summed E-state index contributed by atoms with van der Waals surface area (Å²) in [6, 6.07) is 4.97. The molecule has 16 heavy (non-hydrogen) atoms. The van der Waals surface area contributed by atoms with Gasteiger partial charge in [0.1, 0.15) is 0 Å². The summed E-state index contributed by atoms with van der Waals surface area (Å²) >= 11 is 0. The fraction of sp³-hybridized carbons (Fsp3) is 0.417. The van der Waals surface area contributed by atoms with Gasteiger partial charge in [-0.15, -0.1) is 0 Å². The van der Waals surface area contributed by atoms with Gasteiger partial charge in [0.25, 0.3) is 0 Å². The maximum Gasteiger partial charge on any atom is 0.338 e. The number of hydrogen-bond donors (Lipinski definition) is 2. The second-order valence-electron chi connectivity index (χ2n) is 3.69. The Balaban J connectivity index is 3.02. The van der Waals surface area contributed by atoms with Gasteiger partial charge in [-0.05, 0) is 44.0 Å². The van der Waals surface area contributed by atoms with E-state index in [-0.39, 0.29) is 5.97 Å². The molecular weight excluding hydrogens is 206 g/mol. The topological polar surface area (TPSA) is 72.5 Å². The first-order chi connectivity index (χ1) is 7.54. The second kappa shape index (κ2) is 5.51. The molecule has 0 aliphatic heterocycles. The van der Waals surface area contributed by atoms with Crippen molar-refractivity contribution in [2.45, 2.75) is 26.4 Å². The van der Waals surface area contributed by atoms with Crippen molar-refractivity contribution in [1.29, 1.82) is 0 Å². The van der Waals surface area contributed by atoms with Gasteiger partial charge in [0, 0.05) is 5.69 Å². The minimum atomic E-state index is -0.519. The van der Waals surface area contributed by atoms with Crippen LogP contribution in [0.3, 0.4) is 0 Å². The zero-order chi connectivity index (χ0) is 12.1. The number of rotatable bonds is 4. The largest absolute Gasteiger partial charge is 0.462 e. The average Bonchev–Trinajstić information content (AvgIpc) is 2.16. The summed E-state index contributed by atoms with van der Waals surface area (Å²) in [6.45, 7) is 3.75. The number of esters is 1. The molecule has 0 aliphatic rings. The Kier molecular flexibility index (Phi) is 4.31. The Bertz CT molecular complexity index is 375. The Labute approximate surface area is 95.0 Å². The molecule has 0 aliphatic carbocycles. The molecule has 0 fully saturated rings. The van der Waals surface area contributed by atoms with Crippen LogP contribution in [0, 0.1) is 0 Å². The first kappa shape index (κ1) is 12.5. The van der Waals surface area contributed by atoms with E-state index in [0.717, 1.165) is 0 Å². The highest BCUT2D eigenvalue weighted by atomic mass is 16.5. The molecule has 1 atom stereocenters. The van der Waals surface area contributed by atoms with Gasteiger partial charge in [0.2, 0.25) is 0 Å². The van der Waals surface area contributed by atoms with E-state index in [9.17, 15) is 9.90 Å². The molecule has 0 amide bonds. The molecule has 4 nitrogen and oxygen atoms in total. The van der Waals surface area contributed by atoms with Crippen LogP contribution in [0.1, 0.15) is 29.8 Å². The lowest BCUT2D eigenvalue weighted by Crippen LogP contribution is -2.12. The number of ether oxygens (including phenoxy) is 1. The van der Waals surface area contributed by atoms with E-state index in [4.69, 9.17) is 10.5 Å². The fourth-order valence-electron chi connectivity index (χ4n) is 1.51. The molecule has 0 bridgehead atoms. The standard InChI is InChI=1S/C12H17NO3/c1-3-16-12(15)11-5-4-10(13)7-9(11)6-8(2)14/h4-5,7-8,14H,3,6,13H2,1-2H3. The van der Waals surface area contributed by atoms with Crippen LogP contribution in [-0.4, -0.2) is 23.8 Å². The summed E-state index contributed by atoms with van der Waals surface area (Å²) in [5, 5.41) is 9.34. The third kappa shape index (κ3) is 3.24. The van der Waals surface area contributed by atoms with Crippen molar-refractivity contribution in [1.82, 2.24) is 0 Å². The maximum absolute atomic E-state index is 11.6.